The van der Waals surface area contributed by atoms with Crippen LogP contribution in [0.4, 0.5) is 5.69 Å². The fraction of sp³-hybridized carbons (Fsp3) is 0.250. The minimum Gasteiger partial charge on any atom is -0.454 e. The molecule has 1 aromatic heterocycles. The molecule has 6 nitrogen and oxygen atoms in total. The fourth-order valence-corrected chi connectivity index (χ4v) is 1.83. The molecule has 0 aliphatic carbocycles. The molecule has 2 aromatic rings. The lowest BCUT2D eigenvalue weighted by molar-refractivity contribution is -0.385. The third-order valence-electron chi connectivity index (χ3n) is 2.56. The number of nitrogens with zero attached hydrogens (tertiary/aromatic N) is 3. The van der Waals surface area contributed by atoms with Crippen molar-refractivity contribution >= 4 is 17.3 Å². The van der Waals surface area contributed by atoms with E-state index in [0.29, 0.717) is 17.1 Å². The number of nitro benzene ring substituents is 1. The van der Waals surface area contributed by atoms with Gasteiger partial charge in [-0.15, -0.1) is 11.6 Å². The molecule has 0 bridgehead atoms. The minimum atomic E-state index is -0.462. The predicted octanol–water partition coefficient (Wildman–Crippen LogP) is 3.34. The molecule has 2 rings (SSSR count). The van der Waals surface area contributed by atoms with Gasteiger partial charge in [0.1, 0.15) is 5.75 Å². The van der Waals surface area contributed by atoms with Gasteiger partial charge in [0, 0.05) is 18.2 Å². The third-order valence-corrected chi connectivity index (χ3v) is 2.85. The van der Waals surface area contributed by atoms with Crippen LogP contribution in [0.5, 0.6) is 11.5 Å². The molecule has 7 heteroatoms. The Kier molecular flexibility index (Phi) is 4.01. The van der Waals surface area contributed by atoms with Crippen LogP contribution in [-0.2, 0) is 12.4 Å². The SMILES string of the molecule is CCn1cc(Oc2ccc([N+](=O)[O-])c(CCl)c2)cn1. The van der Waals surface area contributed by atoms with E-state index >= 15 is 0 Å². The molecule has 1 aromatic carbocycles. The monoisotopic (exact) mass is 281 g/mol. The van der Waals surface area contributed by atoms with Crippen LogP contribution in [0.15, 0.2) is 30.6 Å². The van der Waals surface area contributed by atoms with Gasteiger partial charge in [-0.25, -0.2) is 0 Å². The summed E-state index contributed by atoms with van der Waals surface area (Å²) in [5.41, 5.74) is 0.415. The Bertz CT molecular complexity index is 598. The molecule has 0 fully saturated rings. The van der Waals surface area contributed by atoms with E-state index in [1.807, 2.05) is 6.92 Å². The Balaban J connectivity index is 2.23. The summed E-state index contributed by atoms with van der Waals surface area (Å²) in [7, 11) is 0. The number of ether oxygens (including phenoxy) is 1. The Labute approximate surface area is 114 Å². The molecule has 0 saturated heterocycles. The third kappa shape index (κ3) is 3.03. The van der Waals surface area contributed by atoms with Gasteiger partial charge in [-0.1, -0.05) is 0 Å². The van der Waals surface area contributed by atoms with Crippen molar-refractivity contribution in [1.29, 1.82) is 0 Å². The molecule has 100 valence electrons. The van der Waals surface area contributed by atoms with Gasteiger partial charge >= 0.3 is 0 Å². The maximum atomic E-state index is 10.8. The van der Waals surface area contributed by atoms with Crippen molar-refractivity contribution in [2.24, 2.45) is 0 Å². The van der Waals surface area contributed by atoms with Crippen LogP contribution in [-0.4, -0.2) is 14.7 Å². The van der Waals surface area contributed by atoms with Crippen LogP contribution in [0, 0.1) is 10.1 Å². The number of aromatic nitrogens is 2. The van der Waals surface area contributed by atoms with E-state index in [1.54, 1.807) is 23.1 Å². The van der Waals surface area contributed by atoms with E-state index in [1.165, 1.54) is 12.1 Å². The molecule has 0 aliphatic rings. The number of benzene rings is 1. The van der Waals surface area contributed by atoms with Gasteiger partial charge < -0.3 is 4.74 Å². The van der Waals surface area contributed by atoms with Gasteiger partial charge in [0.05, 0.1) is 23.2 Å². The summed E-state index contributed by atoms with van der Waals surface area (Å²) in [6.07, 6.45) is 3.34. The Hall–Kier alpha value is -2.08. The van der Waals surface area contributed by atoms with Gasteiger partial charge in [0.2, 0.25) is 0 Å². The highest BCUT2D eigenvalue weighted by molar-refractivity contribution is 6.17. The van der Waals surface area contributed by atoms with E-state index in [0.717, 1.165) is 6.54 Å². The summed E-state index contributed by atoms with van der Waals surface area (Å²) < 4.78 is 7.30. The van der Waals surface area contributed by atoms with Crippen molar-refractivity contribution in [3.05, 3.63) is 46.3 Å². The lowest BCUT2D eigenvalue weighted by atomic mass is 10.2. The highest BCUT2D eigenvalue weighted by atomic mass is 35.5. The quantitative estimate of drug-likeness (QED) is 0.479. The molecule has 0 atom stereocenters. The van der Waals surface area contributed by atoms with E-state index in [2.05, 4.69) is 5.10 Å². The molecule has 0 radical (unpaired) electrons. The van der Waals surface area contributed by atoms with Crippen molar-refractivity contribution in [2.75, 3.05) is 0 Å². The zero-order chi connectivity index (χ0) is 13.8. The van der Waals surface area contributed by atoms with E-state index < -0.39 is 4.92 Å². The number of hydrogen-bond acceptors (Lipinski definition) is 4. The second-order valence-electron chi connectivity index (χ2n) is 3.82. The maximum absolute atomic E-state index is 10.8. The first-order valence-corrected chi connectivity index (χ1v) is 6.21. The van der Waals surface area contributed by atoms with Gasteiger partial charge in [-0.2, -0.15) is 5.10 Å². The molecule has 1 heterocycles. The lowest BCUT2D eigenvalue weighted by Gasteiger charge is -2.05. The van der Waals surface area contributed by atoms with E-state index in [4.69, 9.17) is 16.3 Å². The molecular formula is C12H12ClN3O3. The smallest absolute Gasteiger partial charge is 0.274 e. The number of nitro groups is 1. The van der Waals surface area contributed by atoms with Crippen LogP contribution < -0.4 is 4.74 Å². The Morgan fingerprint density at radius 1 is 1.47 bits per heavy atom. The second kappa shape index (κ2) is 5.71. The molecular weight excluding hydrogens is 270 g/mol. The van der Waals surface area contributed by atoms with Crippen LogP contribution in [0.1, 0.15) is 12.5 Å². The van der Waals surface area contributed by atoms with Crippen LogP contribution in [0.25, 0.3) is 0 Å². The molecule has 0 spiro atoms. The number of rotatable bonds is 5. The maximum Gasteiger partial charge on any atom is 0.274 e. The zero-order valence-electron chi connectivity index (χ0n) is 10.2. The van der Waals surface area contributed by atoms with Crippen molar-refractivity contribution in [3.63, 3.8) is 0 Å². The van der Waals surface area contributed by atoms with Crippen molar-refractivity contribution in [1.82, 2.24) is 9.78 Å². The summed E-state index contributed by atoms with van der Waals surface area (Å²) in [4.78, 5) is 10.3. The van der Waals surface area contributed by atoms with Crippen LogP contribution in [0.3, 0.4) is 0 Å². The lowest BCUT2D eigenvalue weighted by Crippen LogP contribution is -1.94. The molecule has 0 unspecified atom stereocenters. The fourth-order valence-electron chi connectivity index (χ4n) is 1.62. The van der Waals surface area contributed by atoms with Crippen LogP contribution in [0.2, 0.25) is 0 Å². The Morgan fingerprint density at radius 2 is 2.26 bits per heavy atom. The standard InChI is InChI=1S/C12H12ClN3O3/c1-2-15-8-11(7-14-15)19-10-3-4-12(16(17)18)9(5-10)6-13/h3-5,7-8H,2,6H2,1H3. The molecule has 0 saturated carbocycles. The first-order chi connectivity index (χ1) is 9.13. The molecule has 19 heavy (non-hydrogen) atoms. The average Bonchev–Trinajstić information content (AvgIpc) is 2.86. The zero-order valence-corrected chi connectivity index (χ0v) is 11.0. The highest BCUT2D eigenvalue weighted by Crippen LogP contribution is 2.28. The van der Waals surface area contributed by atoms with Gasteiger partial charge in [0.15, 0.2) is 5.75 Å². The summed E-state index contributed by atoms with van der Waals surface area (Å²) in [6.45, 7) is 2.71. The van der Waals surface area contributed by atoms with E-state index in [9.17, 15) is 10.1 Å². The number of aryl methyl sites for hydroxylation is 1. The van der Waals surface area contributed by atoms with Gasteiger partial charge in [-0.3, -0.25) is 14.8 Å². The van der Waals surface area contributed by atoms with Crippen LogP contribution >= 0.6 is 11.6 Å². The summed E-state index contributed by atoms with van der Waals surface area (Å²) in [5, 5.41) is 14.9. The topological polar surface area (TPSA) is 70.2 Å². The second-order valence-corrected chi connectivity index (χ2v) is 4.08. The first-order valence-electron chi connectivity index (χ1n) is 5.67. The largest absolute Gasteiger partial charge is 0.454 e. The normalized spacial score (nSPS) is 10.4. The van der Waals surface area contributed by atoms with Crippen molar-refractivity contribution < 1.29 is 9.66 Å². The van der Waals surface area contributed by atoms with Gasteiger partial charge in [-0.05, 0) is 19.1 Å². The molecule has 0 amide bonds. The van der Waals surface area contributed by atoms with Gasteiger partial charge in [0.25, 0.3) is 5.69 Å². The number of hydrogen-bond donors (Lipinski definition) is 0. The van der Waals surface area contributed by atoms with Crippen molar-refractivity contribution in [3.8, 4) is 11.5 Å². The summed E-state index contributed by atoms with van der Waals surface area (Å²) >= 11 is 5.70. The first kappa shape index (κ1) is 13.4. The van der Waals surface area contributed by atoms with E-state index in [-0.39, 0.29) is 11.6 Å². The molecule has 0 aliphatic heterocycles. The number of halogens is 1. The summed E-state index contributed by atoms with van der Waals surface area (Å²) in [5.74, 6) is 1.13. The summed E-state index contributed by atoms with van der Waals surface area (Å²) in [6, 6.07) is 4.49. The molecule has 0 N–H and O–H groups in total. The minimum absolute atomic E-state index is 0.00777. The average molecular weight is 282 g/mol. The number of alkyl halides is 1. The predicted molar refractivity (Wildman–Crippen MR) is 70.6 cm³/mol. The Morgan fingerprint density at radius 3 is 2.84 bits per heavy atom. The highest BCUT2D eigenvalue weighted by Gasteiger charge is 2.14. The van der Waals surface area contributed by atoms with Crippen molar-refractivity contribution in [2.45, 2.75) is 19.3 Å².